The fourth-order valence-electron chi connectivity index (χ4n) is 3.00. The molecule has 0 aliphatic carbocycles. The van der Waals surface area contributed by atoms with Crippen LogP contribution in [0.25, 0.3) is 11.2 Å². The van der Waals surface area contributed by atoms with E-state index in [9.17, 15) is 15.3 Å². The molecule has 3 aromatic rings. The summed E-state index contributed by atoms with van der Waals surface area (Å²) in [5.74, 6) is 0.898. The highest BCUT2D eigenvalue weighted by molar-refractivity contribution is 7.98. The topological polar surface area (TPSA) is 140 Å². The maximum Gasteiger partial charge on any atom is 0.191 e. The zero-order valence-electron chi connectivity index (χ0n) is 14.2. The standard InChI is InChI=1S/C17H19N5O4S/c18-14-11-15(21-17(20-14)27-7-9-4-2-1-3-5-9)22(8-19-11)16-13(25)12(24)10(6-23)26-16/h1-5,8,10,12-13,16,23-25H,6-7H2,(H2,18,20,21)/t10-,12?,13?,16-/m1/s1. The number of nitrogens with zero attached hydrogens (tertiary/aromatic N) is 4. The lowest BCUT2D eigenvalue weighted by Gasteiger charge is -2.16. The molecule has 1 saturated heterocycles. The van der Waals surface area contributed by atoms with Crippen LogP contribution in [0.3, 0.4) is 0 Å². The average Bonchev–Trinajstić information content (AvgIpc) is 3.23. The Kier molecular flexibility index (Phi) is 4.98. The molecule has 27 heavy (non-hydrogen) atoms. The SMILES string of the molecule is Nc1nc(SCc2ccccc2)nc2c1ncn2[C@@H]1O[C@H](CO)C(O)C1O. The van der Waals surface area contributed by atoms with Gasteiger partial charge in [-0.05, 0) is 5.56 Å². The van der Waals surface area contributed by atoms with Crippen molar-refractivity contribution in [3.8, 4) is 0 Å². The third-order valence-corrected chi connectivity index (χ3v) is 5.35. The molecule has 10 heteroatoms. The molecule has 5 N–H and O–H groups in total. The lowest BCUT2D eigenvalue weighted by molar-refractivity contribution is -0.0511. The second-order valence-corrected chi connectivity index (χ2v) is 7.16. The number of nitrogens with two attached hydrogens (primary N) is 1. The van der Waals surface area contributed by atoms with Crippen molar-refractivity contribution in [2.45, 2.75) is 35.4 Å². The number of rotatable bonds is 5. The zero-order chi connectivity index (χ0) is 19.0. The Bertz CT molecular complexity index is 938. The number of anilines is 1. The summed E-state index contributed by atoms with van der Waals surface area (Å²) in [6.45, 7) is -0.406. The van der Waals surface area contributed by atoms with Crippen LogP contribution in [-0.4, -0.2) is 59.8 Å². The molecular formula is C17H19N5O4S. The Morgan fingerprint density at radius 1 is 1.15 bits per heavy atom. The molecule has 0 amide bonds. The van der Waals surface area contributed by atoms with Gasteiger partial charge >= 0.3 is 0 Å². The van der Waals surface area contributed by atoms with Crippen LogP contribution in [0.5, 0.6) is 0 Å². The van der Waals surface area contributed by atoms with Crippen molar-refractivity contribution in [2.24, 2.45) is 0 Å². The Morgan fingerprint density at radius 3 is 2.63 bits per heavy atom. The van der Waals surface area contributed by atoms with Crippen LogP contribution in [-0.2, 0) is 10.5 Å². The van der Waals surface area contributed by atoms with Gasteiger partial charge in [-0.2, -0.15) is 0 Å². The predicted octanol–water partition coefficient (Wildman–Crippen LogP) is 0.312. The van der Waals surface area contributed by atoms with E-state index in [0.717, 1.165) is 5.56 Å². The van der Waals surface area contributed by atoms with Gasteiger partial charge in [0, 0.05) is 5.75 Å². The van der Waals surface area contributed by atoms with Gasteiger partial charge in [0.2, 0.25) is 0 Å². The van der Waals surface area contributed by atoms with Crippen molar-refractivity contribution in [3.05, 3.63) is 42.2 Å². The summed E-state index contributed by atoms with van der Waals surface area (Å²) in [5.41, 5.74) is 7.93. The molecule has 2 aromatic heterocycles. The molecule has 1 aliphatic rings. The molecule has 0 radical (unpaired) electrons. The highest BCUT2D eigenvalue weighted by Crippen LogP contribution is 2.32. The summed E-state index contributed by atoms with van der Waals surface area (Å²) in [6, 6.07) is 9.90. The first-order valence-corrected chi connectivity index (χ1v) is 9.36. The van der Waals surface area contributed by atoms with Crippen molar-refractivity contribution in [1.29, 1.82) is 0 Å². The van der Waals surface area contributed by atoms with E-state index in [0.29, 0.717) is 22.1 Å². The highest BCUT2D eigenvalue weighted by atomic mass is 32.2. The molecule has 9 nitrogen and oxygen atoms in total. The molecule has 0 spiro atoms. The number of thioether (sulfide) groups is 1. The van der Waals surface area contributed by atoms with Gasteiger partial charge in [0.1, 0.15) is 23.8 Å². The first kappa shape index (κ1) is 18.1. The van der Waals surface area contributed by atoms with Gasteiger partial charge in [-0.1, -0.05) is 42.1 Å². The summed E-state index contributed by atoms with van der Waals surface area (Å²) in [4.78, 5) is 13.0. The number of benzene rings is 1. The van der Waals surface area contributed by atoms with Gasteiger partial charge in [0.15, 0.2) is 22.8 Å². The summed E-state index contributed by atoms with van der Waals surface area (Å²) < 4.78 is 7.07. The summed E-state index contributed by atoms with van der Waals surface area (Å²) >= 11 is 1.43. The smallest absolute Gasteiger partial charge is 0.191 e. The van der Waals surface area contributed by atoms with E-state index in [1.165, 1.54) is 22.7 Å². The van der Waals surface area contributed by atoms with Gasteiger partial charge in [-0.15, -0.1) is 0 Å². The molecule has 142 valence electrons. The zero-order valence-corrected chi connectivity index (χ0v) is 15.0. The van der Waals surface area contributed by atoms with Crippen LogP contribution in [0.15, 0.2) is 41.8 Å². The van der Waals surface area contributed by atoms with Crippen LogP contribution in [0, 0.1) is 0 Å². The van der Waals surface area contributed by atoms with E-state index in [4.69, 9.17) is 10.5 Å². The highest BCUT2D eigenvalue weighted by Gasteiger charge is 2.44. The van der Waals surface area contributed by atoms with Gasteiger partial charge < -0.3 is 25.8 Å². The molecule has 0 bridgehead atoms. The third-order valence-electron chi connectivity index (χ3n) is 4.43. The van der Waals surface area contributed by atoms with Crippen LogP contribution < -0.4 is 5.73 Å². The number of nitrogen functional groups attached to an aromatic ring is 1. The van der Waals surface area contributed by atoms with Crippen LogP contribution in [0.1, 0.15) is 11.8 Å². The molecular weight excluding hydrogens is 370 g/mol. The molecule has 3 heterocycles. The molecule has 1 fully saturated rings. The number of fused-ring (bicyclic) bond motifs is 1. The van der Waals surface area contributed by atoms with E-state index in [2.05, 4.69) is 15.0 Å². The second kappa shape index (κ2) is 7.41. The number of imidazole rings is 1. The fraction of sp³-hybridized carbons (Fsp3) is 0.353. The fourth-order valence-corrected chi connectivity index (χ4v) is 3.80. The Hall–Kier alpha value is -2.24. The van der Waals surface area contributed by atoms with Crippen molar-refractivity contribution < 1.29 is 20.1 Å². The first-order chi connectivity index (χ1) is 13.1. The lowest BCUT2D eigenvalue weighted by atomic mass is 10.1. The predicted molar refractivity (Wildman–Crippen MR) is 98.7 cm³/mol. The van der Waals surface area contributed by atoms with E-state index in [1.54, 1.807) is 0 Å². The number of hydrogen-bond donors (Lipinski definition) is 4. The maximum atomic E-state index is 10.3. The second-order valence-electron chi connectivity index (χ2n) is 6.22. The van der Waals surface area contributed by atoms with Crippen molar-refractivity contribution >= 4 is 28.7 Å². The minimum absolute atomic E-state index is 0.223. The van der Waals surface area contributed by atoms with Crippen molar-refractivity contribution in [3.63, 3.8) is 0 Å². The number of aliphatic hydroxyl groups is 3. The third kappa shape index (κ3) is 3.37. The van der Waals surface area contributed by atoms with Crippen molar-refractivity contribution in [2.75, 3.05) is 12.3 Å². The Morgan fingerprint density at radius 2 is 1.93 bits per heavy atom. The summed E-state index contributed by atoms with van der Waals surface area (Å²) in [7, 11) is 0. The first-order valence-electron chi connectivity index (χ1n) is 8.37. The average molecular weight is 389 g/mol. The van der Waals surface area contributed by atoms with Gasteiger partial charge in [0.05, 0.1) is 12.9 Å². The van der Waals surface area contributed by atoms with E-state index in [1.807, 2.05) is 30.3 Å². The minimum Gasteiger partial charge on any atom is -0.394 e. The number of aliphatic hydroxyl groups excluding tert-OH is 3. The van der Waals surface area contributed by atoms with Crippen LogP contribution in [0.2, 0.25) is 0 Å². The molecule has 1 aliphatic heterocycles. The van der Waals surface area contributed by atoms with Gasteiger partial charge in [0.25, 0.3) is 0 Å². The van der Waals surface area contributed by atoms with Gasteiger partial charge in [-0.25, -0.2) is 15.0 Å². The van der Waals surface area contributed by atoms with Gasteiger partial charge in [-0.3, -0.25) is 4.57 Å². The number of hydrogen-bond acceptors (Lipinski definition) is 9. The molecule has 0 saturated carbocycles. The molecule has 4 atom stereocenters. The van der Waals surface area contributed by atoms with E-state index >= 15 is 0 Å². The van der Waals surface area contributed by atoms with Crippen LogP contribution >= 0.6 is 11.8 Å². The summed E-state index contributed by atoms with van der Waals surface area (Å²) in [5, 5.41) is 30.0. The quantitative estimate of drug-likeness (QED) is 0.358. The Balaban J connectivity index is 1.64. The summed E-state index contributed by atoms with van der Waals surface area (Å²) in [6.07, 6.45) is -2.81. The Labute approximate surface area is 158 Å². The van der Waals surface area contributed by atoms with Crippen LogP contribution in [0.4, 0.5) is 5.82 Å². The normalized spacial score (nSPS) is 25.3. The number of ether oxygens (including phenoxy) is 1. The maximum absolute atomic E-state index is 10.3. The largest absolute Gasteiger partial charge is 0.394 e. The van der Waals surface area contributed by atoms with E-state index < -0.39 is 31.1 Å². The monoisotopic (exact) mass is 389 g/mol. The number of aromatic nitrogens is 4. The van der Waals surface area contributed by atoms with Crippen molar-refractivity contribution in [1.82, 2.24) is 19.5 Å². The minimum atomic E-state index is -1.23. The molecule has 2 unspecified atom stereocenters. The molecule has 4 rings (SSSR count). The lowest BCUT2D eigenvalue weighted by Crippen LogP contribution is -2.33. The van der Waals surface area contributed by atoms with E-state index in [-0.39, 0.29) is 5.82 Å². The molecule has 1 aromatic carbocycles.